The van der Waals surface area contributed by atoms with E-state index in [1.54, 1.807) is 23.6 Å². The molecule has 1 aliphatic heterocycles. The Kier molecular flexibility index (Phi) is 4.35. The second kappa shape index (κ2) is 6.45. The molecule has 126 valence electrons. The number of ether oxygens (including phenoxy) is 1. The molecular formula is C17H17FN2O4. The Bertz CT molecular complexity index is 783. The summed E-state index contributed by atoms with van der Waals surface area (Å²) in [6.45, 7) is 2.79. The van der Waals surface area contributed by atoms with Crippen LogP contribution in [-0.2, 0) is 17.9 Å². The van der Waals surface area contributed by atoms with Gasteiger partial charge in [-0.05, 0) is 30.7 Å². The molecule has 0 spiro atoms. The van der Waals surface area contributed by atoms with E-state index in [0.29, 0.717) is 24.4 Å². The van der Waals surface area contributed by atoms with Gasteiger partial charge in [0, 0.05) is 6.54 Å². The van der Waals surface area contributed by atoms with Crippen LogP contribution in [0.5, 0.6) is 0 Å². The third-order valence-corrected chi connectivity index (χ3v) is 4.09. The van der Waals surface area contributed by atoms with Crippen LogP contribution in [0.15, 0.2) is 30.3 Å². The van der Waals surface area contributed by atoms with Gasteiger partial charge in [0.1, 0.15) is 11.5 Å². The van der Waals surface area contributed by atoms with Gasteiger partial charge in [-0.15, -0.1) is 0 Å². The first-order chi connectivity index (χ1) is 11.5. The molecule has 2 heterocycles. The van der Waals surface area contributed by atoms with Crippen molar-refractivity contribution in [3.63, 3.8) is 0 Å². The summed E-state index contributed by atoms with van der Waals surface area (Å²) in [6, 6.07) is 6.89. The number of nitrogens with one attached hydrogen (secondary N) is 1. The summed E-state index contributed by atoms with van der Waals surface area (Å²) < 4.78 is 19.9. The molecular weight excluding hydrogens is 315 g/mol. The van der Waals surface area contributed by atoms with E-state index in [0.717, 1.165) is 5.56 Å². The molecule has 0 aliphatic carbocycles. The quantitative estimate of drug-likeness (QED) is 0.900. The van der Waals surface area contributed by atoms with Gasteiger partial charge in [-0.3, -0.25) is 4.79 Å². The zero-order valence-corrected chi connectivity index (χ0v) is 13.1. The number of carboxylic acid groups (broad SMARTS) is 1. The van der Waals surface area contributed by atoms with Crippen molar-refractivity contribution in [2.24, 2.45) is 0 Å². The minimum absolute atomic E-state index is 0.0767. The summed E-state index contributed by atoms with van der Waals surface area (Å²) in [4.78, 5) is 23.9. The van der Waals surface area contributed by atoms with Gasteiger partial charge in [0.25, 0.3) is 5.91 Å². The fourth-order valence-corrected chi connectivity index (χ4v) is 2.81. The van der Waals surface area contributed by atoms with Crippen LogP contribution >= 0.6 is 0 Å². The largest absolute Gasteiger partial charge is 0.477 e. The molecule has 3 rings (SSSR count). The van der Waals surface area contributed by atoms with E-state index in [2.05, 4.69) is 5.32 Å². The molecule has 2 N–H and O–H groups in total. The Hall–Kier alpha value is -2.67. The first-order valence-electron chi connectivity index (χ1n) is 7.57. The normalized spacial score (nSPS) is 14.8. The minimum atomic E-state index is -1.08. The lowest BCUT2D eigenvalue weighted by molar-refractivity contribution is 0.0642. The highest BCUT2D eigenvalue weighted by atomic mass is 19.1. The Morgan fingerprint density at radius 3 is 2.71 bits per heavy atom. The molecule has 0 unspecified atom stereocenters. The number of benzene rings is 1. The standard InChI is InChI=1S/C17H17FN2O4/c1-10(11-2-4-12(18)5-3-11)19-16(21)13-8-14(17(22)23)20-6-7-24-9-15(13)20/h2-5,8,10H,6-7,9H2,1H3,(H,19,21)(H,22,23)/t10-/m1/s1. The van der Waals surface area contributed by atoms with Crippen molar-refractivity contribution < 1.29 is 23.8 Å². The number of amides is 1. The predicted octanol–water partition coefficient (Wildman–Crippen LogP) is 2.35. The number of carbonyl (C=O) groups excluding carboxylic acids is 1. The van der Waals surface area contributed by atoms with Crippen molar-refractivity contribution in [1.82, 2.24) is 9.88 Å². The molecule has 1 aliphatic rings. The van der Waals surface area contributed by atoms with E-state index in [9.17, 15) is 19.1 Å². The lowest BCUT2D eigenvalue weighted by Crippen LogP contribution is -2.28. The number of halogens is 1. The van der Waals surface area contributed by atoms with Crippen molar-refractivity contribution in [3.8, 4) is 0 Å². The molecule has 0 radical (unpaired) electrons. The highest BCUT2D eigenvalue weighted by molar-refractivity contribution is 5.99. The number of aromatic carboxylic acids is 1. The maximum atomic E-state index is 13.0. The van der Waals surface area contributed by atoms with Crippen LogP contribution in [0.4, 0.5) is 4.39 Å². The van der Waals surface area contributed by atoms with E-state index < -0.39 is 5.97 Å². The smallest absolute Gasteiger partial charge is 0.352 e. The summed E-state index contributed by atoms with van der Waals surface area (Å²) in [6.07, 6.45) is 0. The number of hydrogen-bond donors (Lipinski definition) is 2. The summed E-state index contributed by atoms with van der Waals surface area (Å²) in [7, 11) is 0. The maximum absolute atomic E-state index is 13.0. The molecule has 0 fully saturated rings. The van der Waals surface area contributed by atoms with Gasteiger partial charge in [0.05, 0.1) is 30.5 Å². The van der Waals surface area contributed by atoms with Crippen LogP contribution in [0.3, 0.4) is 0 Å². The first-order valence-corrected chi connectivity index (χ1v) is 7.57. The molecule has 24 heavy (non-hydrogen) atoms. The van der Waals surface area contributed by atoms with Gasteiger partial charge in [-0.2, -0.15) is 0 Å². The van der Waals surface area contributed by atoms with E-state index >= 15 is 0 Å². The van der Waals surface area contributed by atoms with Gasteiger partial charge in [-0.25, -0.2) is 9.18 Å². The SMILES string of the molecule is C[C@@H](NC(=O)c1cc(C(=O)O)n2c1COCC2)c1ccc(F)cc1. The third kappa shape index (κ3) is 3.03. The van der Waals surface area contributed by atoms with Crippen molar-refractivity contribution in [2.75, 3.05) is 6.61 Å². The summed E-state index contributed by atoms with van der Waals surface area (Å²) >= 11 is 0. The fraction of sp³-hybridized carbons (Fsp3) is 0.294. The monoisotopic (exact) mass is 332 g/mol. The van der Waals surface area contributed by atoms with Crippen molar-refractivity contribution in [3.05, 3.63) is 58.7 Å². The van der Waals surface area contributed by atoms with Crippen molar-refractivity contribution in [1.29, 1.82) is 0 Å². The fourth-order valence-electron chi connectivity index (χ4n) is 2.81. The van der Waals surface area contributed by atoms with Gasteiger partial charge in [0.2, 0.25) is 0 Å². The van der Waals surface area contributed by atoms with E-state index in [1.165, 1.54) is 18.2 Å². The molecule has 0 saturated carbocycles. The number of nitrogens with zero attached hydrogens (tertiary/aromatic N) is 1. The molecule has 0 bridgehead atoms. The van der Waals surface area contributed by atoms with Gasteiger partial charge >= 0.3 is 5.97 Å². The Balaban J connectivity index is 1.85. The highest BCUT2D eigenvalue weighted by Crippen LogP contribution is 2.22. The van der Waals surface area contributed by atoms with E-state index in [-0.39, 0.29) is 30.1 Å². The Morgan fingerprint density at radius 1 is 1.33 bits per heavy atom. The number of carbonyl (C=O) groups is 2. The number of carboxylic acids is 1. The molecule has 6 nitrogen and oxygen atoms in total. The van der Waals surface area contributed by atoms with Crippen LogP contribution in [0, 0.1) is 5.82 Å². The van der Waals surface area contributed by atoms with Crippen LogP contribution < -0.4 is 5.32 Å². The van der Waals surface area contributed by atoms with Crippen molar-refractivity contribution in [2.45, 2.75) is 26.1 Å². The predicted molar refractivity (Wildman–Crippen MR) is 83.3 cm³/mol. The number of aromatic nitrogens is 1. The van der Waals surface area contributed by atoms with Crippen LogP contribution in [0.1, 0.15) is 45.1 Å². The topological polar surface area (TPSA) is 80.6 Å². The van der Waals surface area contributed by atoms with Crippen LogP contribution in [-0.4, -0.2) is 28.2 Å². The highest BCUT2D eigenvalue weighted by Gasteiger charge is 2.26. The van der Waals surface area contributed by atoms with Crippen LogP contribution in [0.25, 0.3) is 0 Å². The lowest BCUT2D eigenvalue weighted by Gasteiger charge is -2.19. The third-order valence-electron chi connectivity index (χ3n) is 4.09. The number of rotatable bonds is 4. The lowest BCUT2D eigenvalue weighted by atomic mass is 10.1. The maximum Gasteiger partial charge on any atom is 0.352 e. The molecule has 1 atom stereocenters. The Morgan fingerprint density at radius 2 is 2.04 bits per heavy atom. The zero-order chi connectivity index (χ0) is 17.3. The van der Waals surface area contributed by atoms with Gasteiger partial charge in [0.15, 0.2) is 0 Å². The molecule has 1 amide bonds. The first kappa shape index (κ1) is 16.2. The van der Waals surface area contributed by atoms with Crippen LogP contribution in [0.2, 0.25) is 0 Å². The van der Waals surface area contributed by atoms with Gasteiger partial charge in [-0.1, -0.05) is 12.1 Å². The number of hydrogen-bond acceptors (Lipinski definition) is 3. The molecule has 7 heteroatoms. The Labute approximate surface area is 137 Å². The molecule has 1 aromatic carbocycles. The van der Waals surface area contributed by atoms with E-state index in [1.807, 2.05) is 0 Å². The summed E-state index contributed by atoms with van der Waals surface area (Å²) in [5, 5.41) is 12.1. The zero-order valence-electron chi connectivity index (χ0n) is 13.1. The molecule has 2 aromatic rings. The average molecular weight is 332 g/mol. The summed E-state index contributed by atoms with van der Waals surface area (Å²) in [5.41, 5.74) is 1.68. The second-order valence-electron chi connectivity index (χ2n) is 5.65. The van der Waals surface area contributed by atoms with Gasteiger partial charge < -0.3 is 19.7 Å². The second-order valence-corrected chi connectivity index (χ2v) is 5.65. The van der Waals surface area contributed by atoms with Crippen molar-refractivity contribution >= 4 is 11.9 Å². The molecule has 1 aromatic heterocycles. The van der Waals surface area contributed by atoms with E-state index in [4.69, 9.17) is 4.74 Å². The average Bonchev–Trinajstić information content (AvgIpc) is 2.95. The summed E-state index contributed by atoms with van der Waals surface area (Å²) in [5.74, 6) is -1.81. The molecule has 0 saturated heterocycles. The minimum Gasteiger partial charge on any atom is -0.477 e. The number of fused-ring (bicyclic) bond motifs is 1.